The lowest BCUT2D eigenvalue weighted by Crippen LogP contribution is -2.28. The number of aromatic nitrogens is 2. The van der Waals surface area contributed by atoms with Crippen LogP contribution in [-0.4, -0.2) is 35.3 Å². The molecule has 0 N–H and O–H groups in total. The Morgan fingerprint density at radius 3 is 2.93 bits per heavy atom. The SMILES string of the molecule is COC(=O)c1cccc(CSc2nc3ccccc3c(=O)n2C[C@H]2CCCO2)c1. The van der Waals surface area contributed by atoms with Crippen LogP contribution in [0, 0.1) is 0 Å². The summed E-state index contributed by atoms with van der Waals surface area (Å²) in [6.45, 7) is 1.24. The summed E-state index contributed by atoms with van der Waals surface area (Å²) in [7, 11) is 1.37. The third kappa shape index (κ3) is 4.36. The van der Waals surface area contributed by atoms with Gasteiger partial charge in [0.15, 0.2) is 5.16 Å². The molecule has 4 rings (SSSR count). The molecule has 1 fully saturated rings. The number of carbonyl (C=O) groups is 1. The lowest BCUT2D eigenvalue weighted by atomic mass is 10.1. The van der Waals surface area contributed by atoms with Crippen LogP contribution in [0.15, 0.2) is 58.5 Å². The quantitative estimate of drug-likeness (QED) is 0.351. The van der Waals surface area contributed by atoms with Crippen LogP contribution in [0.2, 0.25) is 0 Å². The highest BCUT2D eigenvalue weighted by molar-refractivity contribution is 7.98. The number of hydrogen-bond donors (Lipinski definition) is 0. The van der Waals surface area contributed by atoms with Crippen LogP contribution in [0.4, 0.5) is 0 Å². The van der Waals surface area contributed by atoms with Crippen molar-refractivity contribution in [2.75, 3.05) is 13.7 Å². The van der Waals surface area contributed by atoms with Crippen molar-refractivity contribution in [2.45, 2.75) is 36.4 Å². The zero-order chi connectivity index (χ0) is 20.2. The summed E-state index contributed by atoms with van der Waals surface area (Å²) in [6, 6.07) is 14.7. The van der Waals surface area contributed by atoms with E-state index in [1.54, 1.807) is 10.6 Å². The average molecular weight is 410 g/mol. The van der Waals surface area contributed by atoms with E-state index in [1.165, 1.54) is 18.9 Å². The summed E-state index contributed by atoms with van der Waals surface area (Å²) in [5, 5.41) is 1.27. The van der Waals surface area contributed by atoms with E-state index in [0.717, 1.165) is 25.0 Å². The van der Waals surface area contributed by atoms with E-state index in [9.17, 15) is 9.59 Å². The Bertz CT molecular complexity index is 1090. The van der Waals surface area contributed by atoms with Crippen molar-refractivity contribution < 1.29 is 14.3 Å². The number of methoxy groups -OCH3 is 1. The molecule has 0 amide bonds. The third-order valence-corrected chi connectivity index (χ3v) is 6.00. The Morgan fingerprint density at radius 2 is 2.14 bits per heavy atom. The lowest BCUT2D eigenvalue weighted by molar-refractivity contribution is 0.0600. The topological polar surface area (TPSA) is 70.4 Å². The van der Waals surface area contributed by atoms with Crippen molar-refractivity contribution in [1.29, 1.82) is 0 Å². The molecule has 3 aromatic rings. The first-order valence-corrected chi connectivity index (χ1v) is 10.6. The third-order valence-electron chi connectivity index (χ3n) is 4.95. The molecule has 2 heterocycles. The van der Waals surface area contributed by atoms with Gasteiger partial charge in [-0.15, -0.1) is 0 Å². The Labute approximate surface area is 172 Å². The number of rotatable bonds is 6. The van der Waals surface area contributed by atoms with Gasteiger partial charge in [-0.2, -0.15) is 0 Å². The highest BCUT2D eigenvalue weighted by atomic mass is 32.2. The van der Waals surface area contributed by atoms with Crippen LogP contribution in [0.3, 0.4) is 0 Å². The summed E-state index contributed by atoms with van der Waals surface area (Å²) >= 11 is 1.48. The molecule has 2 aromatic carbocycles. The number of para-hydroxylation sites is 1. The molecule has 0 unspecified atom stereocenters. The highest BCUT2D eigenvalue weighted by Gasteiger charge is 2.20. The molecule has 1 saturated heterocycles. The van der Waals surface area contributed by atoms with Gasteiger partial charge < -0.3 is 9.47 Å². The molecule has 0 aliphatic carbocycles. The summed E-state index contributed by atoms with van der Waals surface area (Å²) in [5.74, 6) is 0.220. The lowest BCUT2D eigenvalue weighted by Gasteiger charge is -2.16. The molecular weight excluding hydrogens is 388 g/mol. The first-order valence-electron chi connectivity index (χ1n) is 9.57. The number of carbonyl (C=O) groups excluding carboxylic acids is 1. The second kappa shape index (κ2) is 8.80. The van der Waals surface area contributed by atoms with Gasteiger partial charge in [-0.3, -0.25) is 9.36 Å². The fourth-order valence-corrected chi connectivity index (χ4v) is 4.42. The molecule has 1 aromatic heterocycles. The molecule has 1 aliphatic rings. The molecule has 1 atom stereocenters. The summed E-state index contributed by atoms with van der Waals surface area (Å²) < 4.78 is 12.3. The second-order valence-corrected chi connectivity index (χ2v) is 7.89. The van der Waals surface area contributed by atoms with Crippen molar-refractivity contribution in [3.05, 3.63) is 70.0 Å². The molecule has 1 aliphatic heterocycles. The minimum Gasteiger partial charge on any atom is -0.465 e. The predicted molar refractivity (Wildman–Crippen MR) is 112 cm³/mol. The monoisotopic (exact) mass is 410 g/mol. The number of fused-ring (bicyclic) bond motifs is 1. The minimum absolute atomic E-state index is 0.0395. The van der Waals surface area contributed by atoms with Crippen LogP contribution in [-0.2, 0) is 21.8 Å². The number of benzene rings is 2. The molecule has 0 radical (unpaired) electrons. The molecular formula is C22H22N2O4S. The number of esters is 1. The van der Waals surface area contributed by atoms with Crippen molar-refractivity contribution in [3.8, 4) is 0 Å². The summed E-state index contributed by atoms with van der Waals surface area (Å²) in [4.78, 5) is 29.6. The summed E-state index contributed by atoms with van der Waals surface area (Å²) in [5.41, 5.74) is 2.11. The van der Waals surface area contributed by atoms with E-state index in [4.69, 9.17) is 14.5 Å². The number of nitrogens with zero attached hydrogens (tertiary/aromatic N) is 2. The minimum atomic E-state index is -0.365. The van der Waals surface area contributed by atoms with Crippen LogP contribution in [0.1, 0.15) is 28.8 Å². The van der Waals surface area contributed by atoms with Crippen LogP contribution < -0.4 is 5.56 Å². The first kappa shape index (κ1) is 19.7. The van der Waals surface area contributed by atoms with Crippen LogP contribution in [0.25, 0.3) is 10.9 Å². The highest BCUT2D eigenvalue weighted by Crippen LogP contribution is 2.24. The number of ether oxygens (including phenoxy) is 2. The summed E-state index contributed by atoms with van der Waals surface area (Å²) in [6.07, 6.45) is 2.01. The van der Waals surface area contributed by atoms with E-state index >= 15 is 0 Å². The van der Waals surface area contributed by atoms with Crippen molar-refractivity contribution in [3.63, 3.8) is 0 Å². The zero-order valence-corrected chi connectivity index (χ0v) is 17.0. The maximum Gasteiger partial charge on any atom is 0.337 e. The van der Waals surface area contributed by atoms with Crippen molar-refractivity contribution in [2.24, 2.45) is 0 Å². The van der Waals surface area contributed by atoms with E-state index < -0.39 is 0 Å². The Kier molecular flexibility index (Phi) is 5.97. The molecule has 29 heavy (non-hydrogen) atoms. The molecule has 0 saturated carbocycles. The van der Waals surface area contributed by atoms with Crippen molar-refractivity contribution in [1.82, 2.24) is 9.55 Å². The Hall–Kier alpha value is -2.64. The van der Waals surface area contributed by atoms with Gasteiger partial charge in [0.2, 0.25) is 0 Å². The smallest absolute Gasteiger partial charge is 0.337 e. The first-order chi connectivity index (χ1) is 14.2. The molecule has 0 bridgehead atoms. The number of hydrogen-bond acceptors (Lipinski definition) is 6. The standard InChI is InChI=1S/C22H22N2O4S/c1-27-21(26)16-7-4-6-15(12-16)14-29-22-23-19-10-3-2-9-18(19)20(25)24(22)13-17-8-5-11-28-17/h2-4,6-7,9-10,12,17H,5,8,11,13-14H2,1H3/t17-/m1/s1. The molecule has 6 nitrogen and oxygen atoms in total. The predicted octanol–water partition coefficient (Wildman–Crippen LogP) is 3.65. The van der Waals surface area contributed by atoms with E-state index in [0.29, 0.717) is 33.9 Å². The Balaban J connectivity index is 1.65. The van der Waals surface area contributed by atoms with Gasteiger partial charge in [-0.1, -0.05) is 36.0 Å². The maximum atomic E-state index is 13.1. The molecule has 7 heteroatoms. The Morgan fingerprint density at radius 1 is 1.28 bits per heavy atom. The largest absolute Gasteiger partial charge is 0.465 e. The van der Waals surface area contributed by atoms with Gasteiger partial charge in [0.1, 0.15) is 0 Å². The number of thioether (sulfide) groups is 1. The maximum absolute atomic E-state index is 13.1. The van der Waals surface area contributed by atoms with Crippen LogP contribution >= 0.6 is 11.8 Å². The van der Waals surface area contributed by atoms with Crippen molar-refractivity contribution >= 4 is 28.6 Å². The second-order valence-electron chi connectivity index (χ2n) is 6.94. The zero-order valence-electron chi connectivity index (χ0n) is 16.2. The van der Waals surface area contributed by atoms with Crippen LogP contribution in [0.5, 0.6) is 0 Å². The van der Waals surface area contributed by atoms with E-state index in [1.807, 2.05) is 42.5 Å². The van der Waals surface area contributed by atoms with Gasteiger partial charge in [0.25, 0.3) is 5.56 Å². The van der Waals surface area contributed by atoms with E-state index in [-0.39, 0.29) is 17.6 Å². The van der Waals surface area contributed by atoms with Gasteiger partial charge in [-0.05, 0) is 42.7 Å². The van der Waals surface area contributed by atoms with Gasteiger partial charge >= 0.3 is 5.97 Å². The van der Waals surface area contributed by atoms with Gasteiger partial charge in [-0.25, -0.2) is 9.78 Å². The van der Waals surface area contributed by atoms with Gasteiger partial charge in [0, 0.05) is 12.4 Å². The molecule has 150 valence electrons. The average Bonchev–Trinajstić information content (AvgIpc) is 3.27. The van der Waals surface area contributed by atoms with E-state index in [2.05, 4.69) is 0 Å². The van der Waals surface area contributed by atoms with Gasteiger partial charge in [0.05, 0.1) is 36.2 Å². The normalized spacial score (nSPS) is 16.2. The fraction of sp³-hybridized carbons (Fsp3) is 0.318. The molecule has 0 spiro atoms. The fourth-order valence-electron chi connectivity index (χ4n) is 3.46.